The molecule has 0 aromatic heterocycles. The van der Waals surface area contributed by atoms with E-state index < -0.39 is 34.5 Å². The van der Waals surface area contributed by atoms with Crippen LogP contribution in [0.15, 0.2) is 0 Å². The highest BCUT2D eigenvalue weighted by Crippen LogP contribution is 1.86. The van der Waals surface area contributed by atoms with Gasteiger partial charge in [0.1, 0.15) is 6.04 Å². The Labute approximate surface area is 106 Å². The van der Waals surface area contributed by atoms with E-state index in [1.807, 2.05) is 4.72 Å². The van der Waals surface area contributed by atoms with E-state index in [4.69, 9.17) is 9.84 Å². The van der Waals surface area contributed by atoms with Crippen LogP contribution in [-0.4, -0.2) is 57.0 Å². The van der Waals surface area contributed by atoms with E-state index in [9.17, 15) is 18.0 Å². The zero-order chi connectivity index (χ0) is 14.2. The standard InChI is InChI=1S/C9H18N2O6S/c1-3-17-4-5-18(15,16)10-6-8(12)11-7(2)9(13)14/h7,10H,3-6H2,1-2H3,(H,11,12)(H,13,14)/t7-/m0/s1. The van der Waals surface area contributed by atoms with Gasteiger partial charge >= 0.3 is 5.97 Å². The molecule has 0 aliphatic carbocycles. The first-order valence-corrected chi connectivity index (χ1v) is 7.01. The number of carboxylic acid groups (broad SMARTS) is 1. The van der Waals surface area contributed by atoms with Gasteiger partial charge in [0.2, 0.25) is 15.9 Å². The molecule has 0 rings (SSSR count). The van der Waals surface area contributed by atoms with E-state index in [-0.39, 0.29) is 12.4 Å². The van der Waals surface area contributed by atoms with E-state index in [1.54, 1.807) is 6.92 Å². The van der Waals surface area contributed by atoms with Gasteiger partial charge in [-0.3, -0.25) is 9.59 Å². The molecule has 0 radical (unpaired) electrons. The van der Waals surface area contributed by atoms with Crippen molar-refractivity contribution in [1.29, 1.82) is 0 Å². The summed E-state index contributed by atoms with van der Waals surface area (Å²) in [6, 6.07) is -1.06. The fourth-order valence-electron chi connectivity index (χ4n) is 0.915. The summed E-state index contributed by atoms with van der Waals surface area (Å²) in [5.41, 5.74) is 0. The molecule has 0 bridgehead atoms. The van der Waals surface area contributed by atoms with E-state index in [2.05, 4.69) is 5.32 Å². The van der Waals surface area contributed by atoms with Crippen LogP contribution in [0.5, 0.6) is 0 Å². The summed E-state index contributed by atoms with van der Waals surface area (Å²) < 4.78 is 29.6. The van der Waals surface area contributed by atoms with Gasteiger partial charge in [0, 0.05) is 6.61 Å². The van der Waals surface area contributed by atoms with Crippen molar-refractivity contribution in [1.82, 2.24) is 10.0 Å². The van der Waals surface area contributed by atoms with Crippen LogP contribution in [0.2, 0.25) is 0 Å². The highest BCUT2D eigenvalue weighted by Gasteiger charge is 2.16. The summed E-state index contributed by atoms with van der Waals surface area (Å²) in [6.45, 7) is 2.97. The summed E-state index contributed by atoms with van der Waals surface area (Å²) in [5, 5.41) is 10.7. The van der Waals surface area contributed by atoms with Crippen molar-refractivity contribution in [3.05, 3.63) is 0 Å². The lowest BCUT2D eigenvalue weighted by Gasteiger charge is -2.10. The molecule has 0 aromatic carbocycles. The number of carboxylic acids is 1. The molecule has 0 unspecified atom stereocenters. The van der Waals surface area contributed by atoms with Crippen molar-refractivity contribution < 1.29 is 27.9 Å². The average Bonchev–Trinajstić information content (AvgIpc) is 2.26. The van der Waals surface area contributed by atoms with Gasteiger partial charge in [0.25, 0.3) is 0 Å². The number of carbonyl (C=O) groups excluding carboxylic acids is 1. The maximum atomic E-state index is 11.3. The molecular formula is C9H18N2O6S. The fraction of sp³-hybridized carbons (Fsp3) is 0.778. The topological polar surface area (TPSA) is 122 Å². The molecule has 106 valence electrons. The number of hydrogen-bond donors (Lipinski definition) is 3. The van der Waals surface area contributed by atoms with Gasteiger partial charge in [0.15, 0.2) is 0 Å². The van der Waals surface area contributed by atoms with Crippen LogP contribution in [0, 0.1) is 0 Å². The number of nitrogens with one attached hydrogen (secondary N) is 2. The molecule has 9 heteroatoms. The van der Waals surface area contributed by atoms with E-state index in [1.165, 1.54) is 6.92 Å². The second-order valence-corrected chi connectivity index (χ2v) is 5.39. The maximum Gasteiger partial charge on any atom is 0.325 e. The Hall–Kier alpha value is -1.19. The van der Waals surface area contributed by atoms with Gasteiger partial charge < -0.3 is 15.2 Å². The Morgan fingerprint density at radius 2 is 2.00 bits per heavy atom. The van der Waals surface area contributed by atoms with Crippen LogP contribution in [0.1, 0.15) is 13.8 Å². The van der Waals surface area contributed by atoms with Gasteiger partial charge in [-0.2, -0.15) is 0 Å². The van der Waals surface area contributed by atoms with E-state index in [0.29, 0.717) is 6.61 Å². The number of rotatable bonds is 9. The van der Waals surface area contributed by atoms with Gasteiger partial charge in [-0.05, 0) is 13.8 Å². The van der Waals surface area contributed by atoms with Gasteiger partial charge in [-0.15, -0.1) is 0 Å². The molecule has 0 fully saturated rings. The molecule has 3 N–H and O–H groups in total. The SMILES string of the molecule is CCOCCS(=O)(=O)NCC(=O)N[C@@H](C)C(=O)O. The minimum atomic E-state index is -3.59. The fourth-order valence-corrected chi connectivity index (χ4v) is 1.75. The molecule has 1 atom stereocenters. The molecule has 8 nitrogen and oxygen atoms in total. The van der Waals surface area contributed by atoms with Crippen LogP contribution in [0.25, 0.3) is 0 Å². The molecule has 0 heterocycles. The highest BCUT2D eigenvalue weighted by molar-refractivity contribution is 7.89. The second kappa shape index (κ2) is 8.01. The first-order chi connectivity index (χ1) is 8.28. The minimum Gasteiger partial charge on any atom is -0.480 e. The summed E-state index contributed by atoms with van der Waals surface area (Å²) in [4.78, 5) is 21.6. The molecule has 0 saturated heterocycles. The molecular weight excluding hydrogens is 264 g/mol. The predicted octanol–water partition coefficient (Wildman–Crippen LogP) is -1.47. The van der Waals surface area contributed by atoms with Crippen molar-refractivity contribution in [2.45, 2.75) is 19.9 Å². The summed E-state index contributed by atoms with van der Waals surface area (Å²) in [7, 11) is -3.59. The van der Waals surface area contributed by atoms with Gasteiger partial charge in [-0.25, -0.2) is 13.1 Å². The Morgan fingerprint density at radius 1 is 1.39 bits per heavy atom. The van der Waals surface area contributed by atoms with Crippen LogP contribution in [0.3, 0.4) is 0 Å². The van der Waals surface area contributed by atoms with Crippen LogP contribution in [0.4, 0.5) is 0 Å². The molecule has 0 aromatic rings. The number of amides is 1. The zero-order valence-electron chi connectivity index (χ0n) is 10.3. The largest absolute Gasteiger partial charge is 0.480 e. The predicted molar refractivity (Wildman–Crippen MR) is 63.5 cm³/mol. The maximum absolute atomic E-state index is 11.3. The second-order valence-electron chi connectivity index (χ2n) is 3.46. The molecule has 0 aliphatic heterocycles. The number of hydrogen-bond acceptors (Lipinski definition) is 5. The molecule has 0 saturated carbocycles. The van der Waals surface area contributed by atoms with Crippen molar-refractivity contribution in [3.63, 3.8) is 0 Å². The minimum absolute atomic E-state index is 0.0407. The van der Waals surface area contributed by atoms with E-state index >= 15 is 0 Å². The molecule has 18 heavy (non-hydrogen) atoms. The highest BCUT2D eigenvalue weighted by atomic mass is 32.2. The number of sulfonamides is 1. The van der Waals surface area contributed by atoms with Crippen LogP contribution in [-0.2, 0) is 24.3 Å². The van der Waals surface area contributed by atoms with Crippen molar-refractivity contribution >= 4 is 21.9 Å². The molecule has 0 aliphatic rings. The first kappa shape index (κ1) is 16.8. The number of carbonyl (C=O) groups is 2. The lowest BCUT2D eigenvalue weighted by molar-refractivity contribution is -0.141. The quantitative estimate of drug-likeness (QED) is 0.444. The third-order valence-electron chi connectivity index (χ3n) is 1.90. The average molecular weight is 282 g/mol. The van der Waals surface area contributed by atoms with Crippen molar-refractivity contribution in [2.75, 3.05) is 25.5 Å². The van der Waals surface area contributed by atoms with Crippen molar-refractivity contribution in [2.24, 2.45) is 0 Å². The number of ether oxygens (including phenoxy) is 1. The Bertz CT molecular complexity index is 381. The Balaban J connectivity index is 4.00. The van der Waals surface area contributed by atoms with Crippen molar-refractivity contribution in [3.8, 4) is 0 Å². The van der Waals surface area contributed by atoms with E-state index in [0.717, 1.165) is 0 Å². The van der Waals surface area contributed by atoms with Crippen LogP contribution < -0.4 is 10.0 Å². The smallest absolute Gasteiger partial charge is 0.325 e. The zero-order valence-corrected chi connectivity index (χ0v) is 11.1. The normalized spacial score (nSPS) is 13.0. The third-order valence-corrected chi connectivity index (χ3v) is 3.19. The number of aliphatic carboxylic acids is 1. The Kier molecular flexibility index (Phi) is 7.48. The lowest BCUT2D eigenvalue weighted by atomic mass is 10.3. The van der Waals surface area contributed by atoms with Gasteiger partial charge in [-0.1, -0.05) is 0 Å². The lowest BCUT2D eigenvalue weighted by Crippen LogP contribution is -2.44. The first-order valence-electron chi connectivity index (χ1n) is 5.35. The summed E-state index contributed by atoms with van der Waals surface area (Å²) in [6.07, 6.45) is 0. The Morgan fingerprint density at radius 3 is 2.50 bits per heavy atom. The molecule has 1 amide bonds. The van der Waals surface area contributed by atoms with Gasteiger partial charge in [0.05, 0.1) is 18.9 Å². The monoisotopic (exact) mass is 282 g/mol. The third kappa shape index (κ3) is 7.98. The summed E-state index contributed by atoms with van der Waals surface area (Å²) >= 11 is 0. The van der Waals surface area contributed by atoms with Crippen LogP contribution >= 0.6 is 0 Å². The summed E-state index contributed by atoms with van der Waals surface area (Å²) in [5.74, 6) is -2.14. The molecule has 0 spiro atoms.